The van der Waals surface area contributed by atoms with Gasteiger partial charge in [-0.3, -0.25) is 0 Å². The van der Waals surface area contributed by atoms with Gasteiger partial charge < -0.3 is 4.74 Å². The molecule has 2 nitrogen and oxygen atoms in total. The van der Waals surface area contributed by atoms with E-state index in [1.165, 1.54) is 6.92 Å². The summed E-state index contributed by atoms with van der Waals surface area (Å²) in [6.07, 6.45) is -5.35. The zero-order valence-electron chi connectivity index (χ0n) is 8.11. The fourth-order valence-electron chi connectivity index (χ4n) is 1.03. The Hall–Kier alpha value is -0.810. The first-order valence-electron chi connectivity index (χ1n) is 4.05. The van der Waals surface area contributed by atoms with E-state index >= 15 is 0 Å². The fourth-order valence-corrected chi connectivity index (χ4v) is 1.03. The molecule has 0 bridgehead atoms. The van der Waals surface area contributed by atoms with Gasteiger partial charge in [0, 0.05) is 5.92 Å². The summed E-state index contributed by atoms with van der Waals surface area (Å²) >= 11 is 0. The summed E-state index contributed by atoms with van der Waals surface area (Å²) in [5.41, 5.74) is -3.91. The SMILES string of the molecule is CCC(C)C(F)(C(=O)OC)C(F)(F)F. The van der Waals surface area contributed by atoms with Crippen molar-refractivity contribution in [1.82, 2.24) is 0 Å². The number of hydrogen-bond donors (Lipinski definition) is 0. The van der Waals surface area contributed by atoms with Crippen molar-refractivity contribution in [3.63, 3.8) is 0 Å². The maximum Gasteiger partial charge on any atom is 0.433 e. The van der Waals surface area contributed by atoms with E-state index in [1.54, 1.807) is 0 Å². The first kappa shape index (κ1) is 13.2. The smallest absolute Gasteiger partial charge is 0.433 e. The third kappa shape index (κ3) is 1.99. The number of esters is 1. The van der Waals surface area contributed by atoms with E-state index in [9.17, 15) is 22.4 Å². The highest BCUT2D eigenvalue weighted by molar-refractivity contribution is 5.80. The van der Waals surface area contributed by atoms with Crippen LogP contribution in [0.25, 0.3) is 0 Å². The highest BCUT2D eigenvalue weighted by Crippen LogP contribution is 2.41. The Morgan fingerprint density at radius 3 is 2.00 bits per heavy atom. The molecule has 0 rings (SSSR count). The Morgan fingerprint density at radius 2 is 1.79 bits per heavy atom. The molecule has 0 aliphatic rings. The zero-order valence-corrected chi connectivity index (χ0v) is 8.11. The highest BCUT2D eigenvalue weighted by Gasteiger charge is 2.65. The quantitative estimate of drug-likeness (QED) is 0.535. The van der Waals surface area contributed by atoms with Gasteiger partial charge in [0.25, 0.3) is 0 Å². The van der Waals surface area contributed by atoms with Crippen LogP contribution in [0.5, 0.6) is 0 Å². The van der Waals surface area contributed by atoms with E-state index < -0.39 is 23.7 Å². The molecule has 2 atom stereocenters. The van der Waals surface area contributed by atoms with Crippen LogP contribution in [0.2, 0.25) is 0 Å². The van der Waals surface area contributed by atoms with Gasteiger partial charge in [0.2, 0.25) is 0 Å². The summed E-state index contributed by atoms with van der Waals surface area (Å²) in [6.45, 7) is 2.39. The van der Waals surface area contributed by atoms with Crippen LogP contribution in [0.15, 0.2) is 0 Å². The van der Waals surface area contributed by atoms with E-state index in [2.05, 4.69) is 4.74 Å². The van der Waals surface area contributed by atoms with Crippen LogP contribution in [-0.2, 0) is 9.53 Å². The van der Waals surface area contributed by atoms with Crippen LogP contribution < -0.4 is 0 Å². The number of methoxy groups -OCH3 is 1. The number of rotatable bonds is 3. The predicted octanol–water partition coefficient (Wildman–Crippen LogP) is 2.48. The standard InChI is InChI=1S/C8H12F4O2/c1-4-5(2)7(9,6(13)14-3)8(10,11)12/h5H,4H2,1-3H3. The molecular weight excluding hydrogens is 204 g/mol. The normalized spacial score (nSPS) is 18.5. The first-order chi connectivity index (χ1) is 6.21. The third-order valence-corrected chi connectivity index (χ3v) is 2.19. The predicted molar refractivity (Wildman–Crippen MR) is 41.4 cm³/mol. The van der Waals surface area contributed by atoms with Gasteiger partial charge in [-0.05, 0) is 6.42 Å². The van der Waals surface area contributed by atoms with Crippen LogP contribution in [0.3, 0.4) is 0 Å². The molecule has 0 spiro atoms. The van der Waals surface area contributed by atoms with Gasteiger partial charge in [0.05, 0.1) is 7.11 Å². The summed E-state index contributed by atoms with van der Waals surface area (Å²) in [5, 5.41) is 0. The molecule has 0 radical (unpaired) electrons. The molecule has 0 aliphatic heterocycles. The lowest BCUT2D eigenvalue weighted by Gasteiger charge is -2.29. The maximum absolute atomic E-state index is 13.5. The van der Waals surface area contributed by atoms with Crippen molar-refractivity contribution in [2.45, 2.75) is 32.1 Å². The molecule has 14 heavy (non-hydrogen) atoms. The number of carbonyl (C=O) groups excluding carboxylic acids is 1. The Morgan fingerprint density at radius 1 is 1.36 bits per heavy atom. The van der Waals surface area contributed by atoms with E-state index in [0.29, 0.717) is 0 Å². The largest absolute Gasteiger partial charge is 0.466 e. The lowest BCUT2D eigenvalue weighted by atomic mass is 9.88. The van der Waals surface area contributed by atoms with Crippen molar-refractivity contribution in [3.05, 3.63) is 0 Å². The van der Waals surface area contributed by atoms with Crippen molar-refractivity contribution < 1.29 is 27.1 Å². The molecule has 84 valence electrons. The van der Waals surface area contributed by atoms with Crippen molar-refractivity contribution >= 4 is 5.97 Å². The van der Waals surface area contributed by atoms with Gasteiger partial charge in [0.1, 0.15) is 0 Å². The fraction of sp³-hybridized carbons (Fsp3) is 0.875. The van der Waals surface area contributed by atoms with Gasteiger partial charge in [-0.2, -0.15) is 13.2 Å². The first-order valence-corrected chi connectivity index (χ1v) is 4.05. The molecule has 0 aromatic rings. The minimum Gasteiger partial charge on any atom is -0.466 e. The molecule has 0 heterocycles. The average Bonchev–Trinajstić information content (AvgIpc) is 2.12. The van der Waals surface area contributed by atoms with Crippen LogP contribution in [0, 0.1) is 5.92 Å². The van der Waals surface area contributed by atoms with E-state index in [4.69, 9.17) is 0 Å². The van der Waals surface area contributed by atoms with Crippen LogP contribution in [-0.4, -0.2) is 24.9 Å². The number of alkyl halides is 4. The number of carbonyl (C=O) groups is 1. The van der Waals surface area contributed by atoms with E-state index in [1.807, 2.05) is 0 Å². The zero-order chi connectivity index (χ0) is 11.6. The lowest BCUT2D eigenvalue weighted by Crippen LogP contribution is -2.53. The Balaban J connectivity index is 5.16. The Labute approximate surface area is 79.2 Å². The molecule has 0 aromatic carbocycles. The molecule has 0 saturated carbocycles. The van der Waals surface area contributed by atoms with Gasteiger partial charge in [-0.1, -0.05) is 13.8 Å². The summed E-state index contributed by atoms with van der Waals surface area (Å²) < 4.78 is 54.2. The second-order valence-electron chi connectivity index (χ2n) is 3.01. The molecule has 2 unspecified atom stereocenters. The Kier molecular flexibility index (Phi) is 3.91. The monoisotopic (exact) mass is 216 g/mol. The van der Waals surface area contributed by atoms with Crippen LogP contribution >= 0.6 is 0 Å². The average molecular weight is 216 g/mol. The highest BCUT2D eigenvalue weighted by atomic mass is 19.4. The third-order valence-electron chi connectivity index (χ3n) is 2.19. The minimum atomic E-state index is -5.24. The molecule has 0 aliphatic carbocycles. The van der Waals surface area contributed by atoms with Gasteiger partial charge in [-0.25, -0.2) is 9.18 Å². The maximum atomic E-state index is 13.5. The summed E-state index contributed by atoms with van der Waals surface area (Å²) in [4.78, 5) is 10.8. The summed E-state index contributed by atoms with van der Waals surface area (Å²) in [7, 11) is 0.727. The van der Waals surface area contributed by atoms with Gasteiger partial charge in [-0.15, -0.1) is 0 Å². The van der Waals surface area contributed by atoms with Crippen molar-refractivity contribution in [1.29, 1.82) is 0 Å². The molecule has 6 heteroatoms. The van der Waals surface area contributed by atoms with E-state index in [-0.39, 0.29) is 6.42 Å². The molecule has 0 N–H and O–H groups in total. The summed E-state index contributed by atoms with van der Waals surface area (Å²) in [6, 6.07) is 0. The molecule has 0 amide bonds. The lowest BCUT2D eigenvalue weighted by molar-refractivity contribution is -0.251. The van der Waals surface area contributed by atoms with E-state index in [0.717, 1.165) is 14.0 Å². The number of hydrogen-bond acceptors (Lipinski definition) is 2. The second-order valence-corrected chi connectivity index (χ2v) is 3.01. The van der Waals surface area contributed by atoms with Crippen molar-refractivity contribution in [2.75, 3.05) is 7.11 Å². The molecular formula is C8H12F4O2. The summed E-state index contributed by atoms with van der Waals surface area (Å²) in [5.74, 6) is -3.35. The van der Waals surface area contributed by atoms with Crippen LogP contribution in [0.4, 0.5) is 17.6 Å². The second kappa shape index (κ2) is 4.14. The number of ether oxygens (including phenoxy) is 1. The Bertz CT molecular complexity index is 214. The molecule has 0 aromatic heterocycles. The van der Waals surface area contributed by atoms with Crippen molar-refractivity contribution in [2.24, 2.45) is 5.92 Å². The molecule has 0 saturated heterocycles. The topological polar surface area (TPSA) is 26.3 Å². The minimum absolute atomic E-state index is 0.106. The van der Waals surface area contributed by atoms with Gasteiger partial charge >= 0.3 is 17.8 Å². The molecule has 0 fully saturated rings. The van der Waals surface area contributed by atoms with Gasteiger partial charge in [0.15, 0.2) is 0 Å². The number of halogens is 4. The van der Waals surface area contributed by atoms with Crippen molar-refractivity contribution in [3.8, 4) is 0 Å². The van der Waals surface area contributed by atoms with Crippen LogP contribution in [0.1, 0.15) is 20.3 Å².